The second-order valence-corrected chi connectivity index (χ2v) is 6.64. The summed E-state index contributed by atoms with van der Waals surface area (Å²) in [4.78, 5) is 2.71. The molecule has 1 aliphatic rings. The van der Waals surface area contributed by atoms with E-state index >= 15 is 0 Å². The van der Waals surface area contributed by atoms with Crippen LogP contribution in [-0.4, -0.2) is 45.9 Å². The second-order valence-electron chi connectivity index (χ2n) is 6.64. The zero-order valence-electron chi connectivity index (χ0n) is 14.2. The molecule has 0 radical (unpaired) electrons. The standard InChI is InChI=1S/C17H32N4/c1-5-9-18-16(12-15-13-19-20(4)14-15)17(3,6-2)21-10-7-8-11-21/h13-14,16,18H,5-12H2,1-4H3. The lowest BCUT2D eigenvalue weighted by Crippen LogP contribution is -2.59. The van der Waals surface area contributed by atoms with E-state index in [0.717, 1.165) is 13.0 Å². The molecule has 2 heterocycles. The third kappa shape index (κ3) is 3.86. The number of hydrogen-bond acceptors (Lipinski definition) is 3. The Hall–Kier alpha value is -0.870. The van der Waals surface area contributed by atoms with E-state index < -0.39 is 0 Å². The largest absolute Gasteiger partial charge is 0.312 e. The molecule has 0 bridgehead atoms. The predicted octanol–water partition coefficient (Wildman–Crippen LogP) is 2.60. The van der Waals surface area contributed by atoms with Gasteiger partial charge in [-0.05, 0) is 64.2 Å². The minimum Gasteiger partial charge on any atom is -0.312 e. The molecule has 2 atom stereocenters. The molecular weight excluding hydrogens is 260 g/mol. The molecule has 0 saturated carbocycles. The highest BCUT2D eigenvalue weighted by molar-refractivity contribution is 5.10. The number of nitrogens with zero attached hydrogens (tertiary/aromatic N) is 3. The van der Waals surface area contributed by atoms with Crippen molar-refractivity contribution in [1.29, 1.82) is 0 Å². The molecule has 1 aromatic heterocycles. The number of hydrogen-bond donors (Lipinski definition) is 1. The van der Waals surface area contributed by atoms with Gasteiger partial charge in [0.25, 0.3) is 0 Å². The summed E-state index contributed by atoms with van der Waals surface area (Å²) in [6, 6.07) is 0.491. The van der Waals surface area contributed by atoms with Crippen molar-refractivity contribution in [2.24, 2.45) is 7.05 Å². The van der Waals surface area contributed by atoms with Crippen LogP contribution < -0.4 is 5.32 Å². The first kappa shape index (κ1) is 16.5. The van der Waals surface area contributed by atoms with Gasteiger partial charge in [-0.25, -0.2) is 0 Å². The summed E-state index contributed by atoms with van der Waals surface area (Å²) in [6.07, 6.45) is 10.3. The van der Waals surface area contributed by atoms with Crippen molar-refractivity contribution in [3.8, 4) is 0 Å². The molecule has 1 aliphatic heterocycles. The predicted molar refractivity (Wildman–Crippen MR) is 88.5 cm³/mol. The molecule has 0 aromatic carbocycles. The van der Waals surface area contributed by atoms with Gasteiger partial charge in [0.15, 0.2) is 0 Å². The second kappa shape index (κ2) is 7.41. The Balaban J connectivity index is 2.15. The molecule has 21 heavy (non-hydrogen) atoms. The average molecular weight is 292 g/mol. The molecular formula is C17H32N4. The normalized spacial score (nSPS) is 20.6. The summed E-state index contributed by atoms with van der Waals surface area (Å²) in [5.41, 5.74) is 1.58. The topological polar surface area (TPSA) is 33.1 Å². The smallest absolute Gasteiger partial charge is 0.0522 e. The Morgan fingerprint density at radius 2 is 2.05 bits per heavy atom. The fourth-order valence-electron chi connectivity index (χ4n) is 3.56. The molecule has 1 fully saturated rings. The van der Waals surface area contributed by atoms with Crippen LogP contribution in [0.15, 0.2) is 12.4 Å². The quantitative estimate of drug-likeness (QED) is 0.799. The summed E-state index contributed by atoms with van der Waals surface area (Å²) >= 11 is 0. The van der Waals surface area contributed by atoms with Gasteiger partial charge >= 0.3 is 0 Å². The van der Waals surface area contributed by atoms with Crippen molar-refractivity contribution in [1.82, 2.24) is 20.0 Å². The SMILES string of the molecule is CCCNC(Cc1cnn(C)c1)C(C)(CC)N1CCCC1. The van der Waals surface area contributed by atoms with E-state index in [4.69, 9.17) is 0 Å². The number of likely N-dealkylation sites (tertiary alicyclic amines) is 1. The average Bonchev–Trinajstić information content (AvgIpc) is 3.14. The van der Waals surface area contributed by atoms with Gasteiger partial charge in [0.1, 0.15) is 0 Å². The first-order valence-corrected chi connectivity index (χ1v) is 8.56. The summed E-state index contributed by atoms with van der Waals surface area (Å²) in [5.74, 6) is 0. The minimum absolute atomic E-state index is 0.238. The maximum atomic E-state index is 4.33. The van der Waals surface area contributed by atoms with Gasteiger partial charge in [-0.3, -0.25) is 9.58 Å². The molecule has 1 aromatic rings. The summed E-state index contributed by atoms with van der Waals surface area (Å²) in [5, 5.41) is 8.15. The van der Waals surface area contributed by atoms with Crippen molar-refractivity contribution in [3.05, 3.63) is 18.0 Å². The van der Waals surface area contributed by atoms with E-state index in [2.05, 4.69) is 42.3 Å². The molecule has 0 amide bonds. The lowest BCUT2D eigenvalue weighted by atomic mass is 9.84. The van der Waals surface area contributed by atoms with E-state index in [1.165, 1.54) is 44.3 Å². The van der Waals surface area contributed by atoms with Crippen LogP contribution in [0.2, 0.25) is 0 Å². The van der Waals surface area contributed by atoms with Gasteiger partial charge in [0, 0.05) is 24.8 Å². The van der Waals surface area contributed by atoms with Crippen molar-refractivity contribution in [2.45, 2.75) is 64.5 Å². The van der Waals surface area contributed by atoms with Crippen LogP contribution in [0.3, 0.4) is 0 Å². The lowest BCUT2D eigenvalue weighted by Gasteiger charge is -2.45. The molecule has 4 heteroatoms. The highest BCUT2D eigenvalue weighted by Gasteiger charge is 2.39. The van der Waals surface area contributed by atoms with Crippen LogP contribution in [0, 0.1) is 0 Å². The maximum absolute atomic E-state index is 4.33. The van der Waals surface area contributed by atoms with Gasteiger partial charge < -0.3 is 5.32 Å². The molecule has 2 rings (SSSR count). The fourth-order valence-corrected chi connectivity index (χ4v) is 3.56. The third-order valence-corrected chi connectivity index (χ3v) is 5.13. The molecule has 0 spiro atoms. The zero-order chi connectivity index (χ0) is 15.3. The molecule has 1 saturated heterocycles. The van der Waals surface area contributed by atoms with E-state index in [1.807, 2.05) is 17.9 Å². The molecule has 0 aliphatic carbocycles. The molecule has 4 nitrogen and oxygen atoms in total. The van der Waals surface area contributed by atoms with Crippen molar-refractivity contribution in [3.63, 3.8) is 0 Å². The first-order chi connectivity index (χ1) is 10.1. The zero-order valence-corrected chi connectivity index (χ0v) is 14.2. The van der Waals surface area contributed by atoms with Crippen LogP contribution >= 0.6 is 0 Å². The van der Waals surface area contributed by atoms with Crippen LogP contribution in [0.4, 0.5) is 0 Å². The van der Waals surface area contributed by atoms with Gasteiger partial charge in [-0.15, -0.1) is 0 Å². The Labute approximate surface area is 129 Å². The van der Waals surface area contributed by atoms with Gasteiger partial charge in [0.05, 0.1) is 6.20 Å². The third-order valence-electron chi connectivity index (χ3n) is 5.13. The maximum Gasteiger partial charge on any atom is 0.0522 e. The molecule has 120 valence electrons. The van der Waals surface area contributed by atoms with Crippen LogP contribution in [-0.2, 0) is 13.5 Å². The van der Waals surface area contributed by atoms with Crippen molar-refractivity contribution < 1.29 is 0 Å². The highest BCUT2D eigenvalue weighted by Crippen LogP contribution is 2.29. The number of aromatic nitrogens is 2. The monoisotopic (exact) mass is 292 g/mol. The number of nitrogens with one attached hydrogen (secondary N) is 1. The van der Waals surface area contributed by atoms with E-state index in [1.54, 1.807) is 0 Å². The van der Waals surface area contributed by atoms with Crippen LogP contribution in [0.25, 0.3) is 0 Å². The Kier molecular flexibility index (Phi) is 5.82. The first-order valence-electron chi connectivity index (χ1n) is 8.56. The summed E-state index contributed by atoms with van der Waals surface area (Å²) < 4.78 is 1.91. The van der Waals surface area contributed by atoms with Crippen LogP contribution in [0.1, 0.15) is 52.0 Å². The minimum atomic E-state index is 0.238. The number of aryl methyl sites for hydroxylation is 1. The Bertz CT molecular complexity index is 422. The van der Waals surface area contributed by atoms with Crippen LogP contribution in [0.5, 0.6) is 0 Å². The van der Waals surface area contributed by atoms with E-state index in [-0.39, 0.29) is 5.54 Å². The van der Waals surface area contributed by atoms with E-state index in [0.29, 0.717) is 6.04 Å². The summed E-state index contributed by atoms with van der Waals surface area (Å²) in [6.45, 7) is 10.6. The number of rotatable bonds is 8. The van der Waals surface area contributed by atoms with Gasteiger partial charge in [-0.1, -0.05) is 13.8 Å². The highest BCUT2D eigenvalue weighted by atomic mass is 15.2. The molecule has 1 N–H and O–H groups in total. The Morgan fingerprint density at radius 3 is 2.57 bits per heavy atom. The summed E-state index contributed by atoms with van der Waals surface area (Å²) in [7, 11) is 2.00. The van der Waals surface area contributed by atoms with Crippen molar-refractivity contribution >= 4 is 0 Å². The Morgan fingerprint density at radius 1 is 1.33 bits per heavy atom. The fraction of sp³-hybridized carbons (Fsp3) is 0.824. The van der Waals surface area contributed by atoms with Crippen molar-refractivity contribution in [2.75, 3.05) is 19.6 Å². The van der Waals surface area contributed by atoms with Gasteiger partial charge in [-0.2, -0.15) is 5.10 Å². The molecule has 2 unspecified atom stereocenters. The van der Waals surface area contributed by atoms with Gasteiger partial charge in [0.2, 0.25) is 0 Å². The lowest BCUT2D eigenvalue weighted by molar-refractivity contribution is 0.0840. The van der Waals surface area contributed by atoms with E-state index in [9.17, 15) is 0 Å².